The average Bonchev–Trinajstić information content (AvgIpc) is 2.17. The van der Waals surface area contributed by atoms with E-state index >= 15 is 0 Å². The zero-order valence-corrected chi connectivity index (χ0v) is 12.3. The van der Waals surface area contributed by atoms with Gasteiger partial charge in [0.2, 0.25) is 5.69 Å². The molecule has 0 saturated heterocycles. The third-order valence-electron chi connectivity index (χ3n) is 2.00. The quantitative estimate of drug-likeness (QED) is 0.472. The molecule has 1 N–H and O–H groups in total. The van der Waals surface area contributed by atoms with E-state index in [1.165, 1.54) is 30.6 Å². The molecule has 2 nitrogen and oxygen atoms in total. The summed E-state index contributed by atoms with van der Waals surface area (Å²) in [6.07, 6.45) is 6.88. The standard InChI is InChI=1S/C10H23O2PS2/c1-3-5-7-8-9-12-13(11,14)15-10-6-4-2/h3-10H2,1-2H3,(H,11,14). The van der Waals surface area contributed by atoms with Gasteiger partial charge in [-0.25, -0.2) is 0 Å². The van der Waals surface area contributed by atoms with E-state index in [2.05, 4.69) is 13.8 Å². The molecule has 5 heteroatoms. The molecule has 0 aromatic carbocycles. The number of hydrogen-bond donors (Lipinski definition) is 1. The third-order valence-corrected chi connectivity index (χ3v) is 6.42. The monoisotopic (exact) mass is 270 g/mol. The Morgan fingerprint density at radius 2 is 1.80 bits per heavy atom. The summed E-state index contributed by atoms with van der Waals surface area (Å²) < 4.78 is 5.37. The Bertz CT molecular complexity index is 188. The largest absolute Gasteiger partial charge is 0.337 e. The molecule has 0 bridgehead atoms. The molecule has 0 aliphatic heterocycles. The van der Waals surface area contributed by atoms with Gasteiger partial charge in [-0.2, -0.15) is 0 Å². The van der Waals surface area contributed by atoms with Gasteiger partial charge in [0.15, 0.2) is 0 Å². The van der Waals surface area contributed by atoms with Crippen LogP contribution in [0.5, 0.6) is 0 Å². The normalized spacial score (nSPS) is 15.1. The Morgan fingerprint density at radius 1 is 1.13 bits per heavy atom. The highest BCUT2D eigenvalue weighted by Crippen LogP contribution is 2.56. The second-order valence-electron chi connectivity index (χ2n) is 3.55. The minimum atomic E-state index is -2.52. The van der Waals surface area contributed by atoms with Gasteiger partial charge < -0.3 is 9.42 Å². The second-order valence-corrected chi connectivity index (χ2v) is 9.85. The fourth-order valence-electron chi connectivity index (χ4n) is 1.07. The molecule has 15 heavy (non-hydrogen) atoms. The maximum atomic E-state index is 9.76. The Balaban J connectivity index is 3.43. The number of rotatable bonds is 10. The zero-order valence-electron chi connectivity index (χ0n) is 9.78. The van der Waals surface area contributed by atoms with Gasteiger partial charge in [0.05, 0.1) is 6.61 Å². The summed E-state index contributed by atoms with van der Waals surface area (Å²) in [5.74, 6) is 0.916. The maximum Gasteiger partial charge on any atom is 0.244 e. The summed E-state index contributed by atoms with van der Waals surface area (Å²) in [4.78, 5) is 9.76. The Morgan fingerprint density at radius 3 is 2.40 bits per heavy atom. The molecule has 0 aromatic heterocycles. The van der Waals surface area contributed by atoms with E-state index in [4.69, 9.17) is 16.3 Å². The fraction of sp³-hybridized carbons (Fsp3) is 1.00. The highest BCUT2D eigenvalue weighted by atomic mass is 32.9. The average molecular weight is 270 g/mol. The summed E-state index contributed by atoms with van der Waals surface area (Å²) in [6.45, 7) is 4.93. The van der Waals surface area contributed by atoms with Gasteiger partial charge in [-0.3, -0.25) is 0 Å². The predicted molar refractivity (Wildman–Crippen MR) is 74.0 cm³/mol. The number of hydrogen-bond acceptors (Lipinski definition) is 3. The minimum Gasteiger partial charge on any atom is -0.337 e. The van der Waals surface area contributed by atoms with E-state index in [0.717, 1.165) is 25.0 Å². The molecule has 0 amide bonds. The van der Waals surface area contributed by atoms with E-state index < -0.39 is 5.69 Å². The predicted octanol–water partition coefficient (Wildman–Crippen LogP) is 4.33. The van der Waals surface area contributed by atoms with Crippen LogP contribution in [0, 0.1) is 0 Å². The zero-order chi connectivity index (χ0) is 11.6. The summed E-state index contributed by atoms with van der Waals surface area (Å²) in [5, 5.41) is 0. The van der Waals surface area contributed by atoms with Crippen molar-refractivity contribution in [2.24, 2.45) is 0 Å². The van der Waals surface area contributed by atoms with Crippen molar-refractivity contribution in [3.8, 4) is 0 Å². The lowest BCUT2D eigenvalue weighted by Crippen LogP contribution is -1.91. The van der Waals surface area contributed by atoms with Gasteiger partial charge in [0.1, 0.15) is 0 Å². The van der Waals surface area contributed by atoms with Gasteiger partial charge in [-0.05, 0) is 24.6 Å². The first-order valence-electron chi connectivity index (χ1n) is 5.74. The van der Waals surface area contributed by atoms with Crippen LogP contribution in [0.3, 0.4) is 0 Å². The van der Waals surface area contributed by atoms with Crippen molar-refractivity contribution >= 4 is 28.9 Å². The van der Waals surface area contributed by atoms with Crippen LogP contribution in [0.25, 0.3) is 0 Å². The Labute approximate surface area is 103 Å². The lowest BCUT2D eigenvalue weighted by atomic mass is 10.2. The minimum absolute atomic E-state index is 0.618. The van der Waals surface area contributed by atoms with E-state index in [-0.39, 0.29) is 0 Å². The summed E-state index contributed by atoms with van der Waals surface area (Å²) in [6, 6.07) is 0. The van der Waals surface area contributed by atoms with E-state index in [9.17, 15) is 4.89 Å². The molecule has 0 aromatic rings. The lowest BCUT2D eigenvalue weighted by Gasteiger charge is -2.14. The van der Waals surface area contributed by atoms with Gasteiger partial charge in [-0.1, -0.05) is 50.9 Å². The molecule has 1 atom stereocenters. The van der Waals surface area contributed by atoms with Gasteiger partial charge in [0.25, 0.3) is 0 Å². The fourth-order valence-corrected chi connectivity index (χ4v) is 4.57. The van der Waals surface area contributed by atoms with Crippen LogP contribution in [0.15, 0.2) is 0 Å². The van der Waals surface area contributed by atoms with Crippen LogP contribution in [-0.4, -0.2) is 17.3 Å². The molecular weight excluding hydrogens is 247 g/mol. The van der Waals surface area contributed by atoms with Crippen LogP contribution in [0.4, 0.5) is 0 Å². The van der Waals surface area contributed by atoms with Crippen LogP contribution < -0.4 is 0 Å². The van der Waals surface area contributed by atoms with Crippen LogP contribution in [0.1, 0.15) is 52.4 Å². The Hall–Kier alpha value is 0.920. The van der Waals surface area contributed by atoms with Crippen molar-refractivity contribution < 1.29 is 9.42 Å². The number of unbranched alkanes of at least 4 members (excludes halogenated alkanes) is 4. The SMILES string of the molecule is CCCCCCOP(O)(=S)SCCCC. The molecule has 0 aliphatic carbocycles. The molecule has 0 aliphatic rings. The first-order valence-corrected chi connectivity index (χ1v) is 10.0. The first-order chi connectivity index (χ1) is 7.12. The topological polar surface area (TPSA) is 29.5 Å². The van der Waals surface area contributed by atoms with Crippen LogP contribution in [0.2, 0.25) is 0 Å². The molecule has 0 heterocycles. The third kappa shape index (κ3) is 11.2. The lowest BCUT2D eigenvalue weighted by molar-refractivity contribution is 0.308. The molecule has 0 rings (SSSR count). The van der Waals surface area contributed by atoms with Crippen molar-refractivity contribution in [1.82, 2.24) is 0 Å². The molecule has 92 valence electrons. The van der Waals surface area contributed by atoms with Crippen molar-refractivity contribution in [2.75, 3.05) is 12.4 Å². The van der Waals surface area contributed by atoms with E-state index in [1.54, 1.807) is 0 Å². The van der Waals surface area contributed by atoms with E-state index in [1.807, 2.05) is 0 Å². The van der Waals surface area contributed by atoms with Gasteiger partial charge in [0, 0.05) is 5.75 Å². The van der Waals surface area contributed by atoms with E-state index in [0.29, 0.717) is 6.61 Å². The molecule has 0 radical (unpaired) electrons. The van der Waals surface area contributed by atoms with Crippen molar-refractivity contribution in [3.63, 3.8) is 0 Å². The van der Waals surface area contributed by atoms with Gasteiger partial charge >= 0.3 is 0 Å². The summed E-state index contributed by atoms with van der Waals surface area (Å²) >= 11 is 6.47. The van der Waals surface area contributed by atoms with Crippen molar-refractivity contribution in [3.05, 3.63) is 0 Å². The second kappa shape index (κ2) is 10.1. The molecule has 0 spiro atoms. The summed E-state index contributed by atoms with van der Waals surface area (Å²) in [5.41, 5.74) is -2.52. The van der Waals surface area contributed by atoms with Crippen LogP contribution >= 0.6 is 17.1 Å². The molecule has 0 saturated carbocycles. The van der Waals surface area contributed by atoms with Crippen molar-refractivity contribution in [2.45, 2.75) is 52.4 Å². The molecule has 0 fully saturated rings. The van der Waals surface area contributed by atoms with Gasteiger partial charge in [-0.15, -0.1) is 0 Å². The first kappa shape index (κ1) is 15.9. The molecule has 1 unspecified atom stereocenters. The highest BCUT2D eigenvalue weighted by Gasteiger charge is 2.13. The molecular formula is C10H23O2PS2. The summed E-state index contributed by atoms with van der Waals surface area (Å²) in [7, 11) is 0. The maximum absolute atomic E-state index is 9.76. The Kier molecular flexibility index (Phi) is 10.7. The van der Waals surface area contributed by atoms with Crippen molar-refractivity contribution in [1.29, 1.82) is 0 Å². The van der Waals surface area contributed by atoms with Crippen LogP contribution in [-0.2, 0) is 16.3 Å². The smallest absolute Gasteiger partial charge is 0.244 e. The highest BCUT2D eigenvalue weighted by molar-refractivity contribution is 8.67.